The number of nitrogen functional groups attached to an aromatic ring is 1. The second-order valence-corrected chi connectivity index (χ2v) is 10.1. The molecule has 0 aromatic carbocycles. The van der Waals surface area contributed by atoms with Crippen molar-refractivity contribution in [3.05, 3.63) is 16.7 Å². The van der Waals surface area contributed by atoms with Crippen molar-refractivity contribution in [2.75, 3.05) is 5.73 Å². The van der Waals surface area contributed by atoms with Crippen molar-refractivity contribution in [3.63, 3.8) is 0 Å². The summed E-state index contributed by atoms with van der Waals surface area (Å²) in [5, 5.41) is 24.5. The number of aliphatic hydroxyl groups excluding tert-OH is 3. The fraction of sp³-hybridized carbons (Fsp3) is 0.545. The van der Waals surface area contributed by atoms with Gasteiger partial charge in [0.25, 0.3) is 5.56 Å². The Bertz CT molecular complexity index is 1150. The Morgan fingerprint density at radius 3 is 2.48 bits per heavy atom. The highest BCUT2D eigenvalue weighted by atomic mass is 31.2. The normalized spacial score (nSPS) is 28.0. The summed E-state index contributed by atoms with van der Waals surface area (Å²) in [6.07, 6.45) is -9.83. The molecule has 1 saturated heterocycles. The van der Waals surface area contributed by atoms with Crippen LogP contribution in [0.4, 0.5) is 14.7 Å². The molecule has 6 atom stereocenters. The molecule has 2 unspecified atom stereocenters. The number of ether oxygens (including phenoxy) is 1. The third-order valence-electron chi connectivity index (χ3n) is 4.22. The van der Waals surface area contributed by atoms with E-state index in [0.717, 1.165) is 10.9 Å². The summed E-state index contributed by atoms with van der Waals surface area (Å²) in [6.45, 7) is 0. The zero-order chi connectivity index (χ0) is 23.5. The van der Waals surface area contributed by atoms with Gasteiger partial charge in [0.05, 0.1) is 6.33 Å². The number of aliphatic hydroxyl groups is 3. The largest absolute Gasteiger partial charge is 0.443 e. The lowest BCUT2D eigenvalue weighted by Crippen LogP contribution is -2.40. The summed E-state index contributed by atoms with van der Waals surface area (Å²) in [5.74, 6) is -0.354. The van der Waals surface area contributed by atoms with Gasteiger partial charge in [0.2, 0.25) is 5.95 Å². The van der Waals surface area contributed by atoms with E-state index in [1.165, 1.54) is 0 Å². The Kier molecular flexibility index (Phi) is 5.86. The first-order valence-electron chi connectivity index (χ1n) is 7.95. The number of fused-ring (bicyclic) bond motifs is 1. The minimum atomic E-state index is -6.52. The van der Waals surface area contributed by atoms with E-state index in [4.69, 9.17) is 20.3 Å². The van der Waals surface area contributed by atoms with Crippen LogP contribution < -0.4 is 11.3 Å². The van der Waals surface area contributed by atoms with Gasteiger partial charge in [-0.05, 0) is 0 Å². The highest BCUT2D eigenvalue weighted by Crippen LogP contribution is 2.73. The molecule has 1 aliphatic heterocycles. The van der Waals surface area contributed by atoms with Crippen LogP contribution in [0.25, 0.3) is 11.2 Å². The summed E-state index contributed by atoms with van der Waals surface area (Å²) in [7, 11) is -13.0. The van der Waals surface area contributed by atoms with E-state index in [9.17, 15) is 42.9 Å². The summed E-state index contributed by atoms with van der Waals surface area (Å²) >= 11 is 0. The molecule has 31 heavy (non-hydrogen) atoms. The zero-order valence-corrected chi connectivity index (χ0v) is 16.5. The van der Waals surface area contributed by atoms with Gasteiger partial charge in [0.1, 0.15) is 18.3 Å². The van der Waals surface area contributed by atoms with E-state index in [1.54, 1.807) is 0 Å². The van der Waals surface area contributed by atoms with Crippen LogP contribution in [0.15, 0.2) is 11.1 Å². The number of alkyl halides is 2. The van der Waals surface area contributed by atoms with Crippen molar-refractivity contribution in [1.82, 2.24) is 19.5 Å². The molecule has 16 nitrogen and oxygen atoms in total. The number of nitrogens with zero attached hydrogens (tertiary/aromatic N) is 3. The lowest BCUT2D eigenvalue weighted by molar-refractivity contribution is -0.160. The molecule has 0 aliphatic carbocycles. The fourth-order valence-electron chi connectivity index (χ4n) is 2.71. The molecule has 2 aromatic heterocycles. The first-order valence-corrected chi connectivity index (χ1v) is 11.1. The number of hydrogen-bond donors (Lipinski definition) is 8. The third kappa shape index (κ3) is 3.91. The molecule has 0 saturated carbocycles. The highest BCUT2D eigenvalue weighted by molar-refractivity contribution is 7.72. The molecule has 1 aliphatic rings. The van der Waals surface area contributed by atoms with Crippen molar-refractivity contribution in [2.45, 2.75) is 36.2 Å². The molecule has 0 amide bonds. The Morgan fingerprint density at radius 1 is 1.29 bits per heavy atom. The number of aromatic amines is 1. The lowest BCUT2D eigenvalue weighted by Gasteiger charge is -2.27. The predicted molar refractivity (Wildman–Crippen MR) is 92.4 cm³/mol. The second-order valence-electron chi connectivity index (χ2n) is 6.32. The molecule has 1 fully saturated rings. The van der Waals surface area contributed by atoms with Crippen LogP contribution in [0, 0.1) is 0 Å². The summed E-state index contributed by atoms with van der Waals surface area (Å²) < 4.78 is 59.4. The van der Waals surface area contributed by atoms with Crippen LogP contribution >= 0.6 is 15.2 Å². The third-order valence-corrected chi connectivity index (χ3v) is 7.64. The van der Waals surface area contributed by atoms with Crippen LogP contribution in [-0.2, 0) is 18.4 Å². The molecule has 3 heterocycles. The van der Waals surface area contributed by atoms with Crippen LogP contribution in [0.3, 0.4) is 0 Å². The quantitative estimate of drug-likeness (QED) is 0.154. The predicted octanol–water partition coefficient (Wildman–Crippen LogP) is -2.43. The average molecular weight is 493 g/mol. The topological polar surface area (TPSA) is 264 Å². The summed E-state index contributed by atoms with van der Waals surface area (Å²) in [5.41, 5.74) is 4.15. The summed E-state index contributed by atoms with van der Waals surface area (Å²) in [6, 6.07) is 0. The molecule has 0 radical (unpaired) electrons. The van der Waals surface area contributed by atoms with E-state index in [-0.39, 0.29) is 17.1 Å². The van der Waals surface area contributed by atoms with Crippen LogP contribution in [0.1, 0.15) is 6.23 Å². The van der Waals surface area contributed by atoms with Crippen molar-refractivity contribution in [1.29, 1.82) is 0 Å². The van der Waals surface area contributed by atoms with Gasteiger partial charge in [-0.1, -0.05) is 0 Å². The monoisotopic (exact) mass is 493 g/mol. The van der Waals surface area contributed by atoms with Gasteiger partial charge in [-0.15, -0.1) is 0 Å². The number of H-pyrrole nitrogens is 1. The number of hydrogen-bond acceptors (Lipinski definition) is 11. The van der Waals surface area contributed by atoms with E-state index in [0.29, 0.717) is 0 Å². The maximum Gasteiger partial charge on any atom is 0.443 e. The van der Waals surface area contributed by atoms with E-state index in [1.807, 2.05) is 0 Å². The molecule has 0 bridgehead atoms. The number of rotatable bonds is 6. The number of nitrogens with two attached hydrogens (primary N) is 1. The molecule has 20 heteroatoms. The number of imidazole rings is 1. The first-order chi connectivity index (χ1) is 14.1. The van der Waals surface area contributed by atoms with Gasteiger partial charge in [0, 0.05) is 0 Å². The Labute approximate surface area is 168 Å². The first kappa shape index (κ1) is 23.8. The van der Waals surface area contributed by atoms with Crippen LogP contribution in [0.5, 0.6) is 0 Å². The molecule has 2 aromatic rings. The Balaban J connectivity index is 1.88. The van der Waals surface area contributed by atoms with Crippen molar-refractivity contribution >= 4 is 32.3 Å². The van der Waals surface area contributed by atoms with E-state index >= 15 is 0 Å². The van der Waals surface area contributed by atoms with Crippen molar-refractivity contribution < 1.29 is 57.2 Å². The van der Waals surface area contributed by atoms with E-state index < -0.39 is 57.0 Å². The number of aromatic nitrogens is 4. The molecule has 9 N–H and O–H groups in total. The van der Waals surface area contributed by atoms with Crippen molar-refractivity contribution in [3.8, 4) is 0 Å². The van der Waals surface area contributed by atoms with Crippen LogP contribution in [-0.4, -0.2) is 79.5 Å². The standard InChI is InChI=1S/C11H15F2N5O11P2/c12-11(13,30(23,24)25)31(26,27)29-9(22)5-3(19)4(20)8(28-5)18-1-15-2-6(18)16-10(14)17-7(2)21/h1,3-5,8-9,19-20,22H,(H,26,27)(H2,23,24,25)(H3,14,16,17,21)/t3-,4+,5-,8+,9?/m0/s1. The van der Waals surface area contributed by atoms with Gasteiger partial charge in [0.15, 0.2) is 23.7 Å². The molecular formula is C11H15F2N5O11P2. The molecular weight excluding hydrogens is 478 g/mol. The zero-order valence-electron chi connectivity index (χ0n) is 14.8. The maximum absolute atomic E-state index is 13.5. The minimum Gasteiger partial charge on any atom is -0.387 e. The van der Waals surface area contributed by atoms with Gasteiger partial charge in [-0.25, -0.2) is 4.98 Å². The fourth-order valence-corrected chi connectivity index (χ4v) is 4.71. The second kappa shape index (κ2) is 7.63. The molecule has 174 valence electrons. The molecule has 0 spiro atoms. The number of halogens is 2. The number of anilines is 1. The van der Waals surface area contributed by atoms with E-state index in [2.05, 4.69) is 19.5 Å². The lowest BCUT2D eigenvalue weighted by atomic mass is 10.1. The van der Waals surface area contributed by atoms with Gasteiger partial charge >= 0.3 is 20.6 Å². The van der Waals surface area contributed by atoms with Gasteiger partial charge < -0.3 is 40.5 Å². The maximum atomic E-state index is 13.5. The van der Waals surface area contributed by atoms with Crippen molar-refractivity contribution in [2.24, 2.45) is 0 Å². The summed E-state index contributed by atoms with van der Waals surface area (Å²) in [4.78, 5) is 47.8. The average Bonchev–Trinajstić information content (AvgIpc) is 3.15. The van der Waals surface area contributed by atoms with Gasteiger partial charge in [-0.3, -0.25) is 28.0 Å². The highest BCUT2D eigenvalue weighted by Gasteiger charge is 2.66. The number of nitrogens with one attached hydrogen (secondary N) is 1. The smallest absolute Gasteiger partial charge is 0.387 e. The minimum absolute atomic E-state index is 0.241. The molecule has 3 rings (SSSR count). The Hall–Kier alpha value is -1.85. The SMILES string of the molecule is Nc1nc2c(ncn2[C@@H]2O[C@H](C(O)OP(=O)(O)C(F)(F)P(=O)(O)O)[C@@H](O)[C@H]2O)c(=O)[nH]1. The Morgan fingerprint density at radius 2 is 1.90 bits per heavy atom. The van der Waals surface area contributed by atoms with Gasteiger partial charge in [-0.2, -0.15) is 13.8 Å². The van der Waals surface area contributed by atoms with Crippen LogP contribution in [0.2, 0.25) is 0 Å².